The molecule has 3 aromatic rings. The van der Waals surface area contributed by atoms with Gasteiger partial charge >= 0.3 is 0 Å². The van der Waals surface area contributed by atoms with Crippen LogP contribution in [0.1, 0.15) is 25.0 Å². The fourth-order valence-corrected chi connectivity index (χ4v) is 4.32. The topological polar surface area (TPSA) is 94.3 Å². The molecule has 7 heteroatoms. The molecule has 166 valence electrons. The van der Waals surface area contributed by atoms with E-state index in [1.54, 1.807) is 0 Å². The molecule has 1 saturated heterocycles. The van der Waals surface area contributed by atoms with Gasteiger partial charge in [0.05, 0.1) is 0 Å². The Bertz CT molecular complexity index is 1120. The molecule has 1 unspecified atom stereocenters. The Morgan fingerprint density at radius 3 is 2.56 bits per heavy atom. The number of fused-ring (bicyclic) bond motifs is 1. The third-order valence-corrected chi connectivity index (χ3v) is 5.87. The summed E-state index contributed by atoms with van der Waals surface area (Å²) in [4.78, 5) is 43.6. The maximum absolute atomic E-state index is 13.4. The number of hydrogen-bond acceptors (Lipinski definition) is 3. The molecule has 1 aliphatic heterocycles. The van der Waals surface area contributed by atoms with E-state index in [2.05, 4.69) is 15.6 Å². The highest BCUT2D eigenvalue weighted by atomic mass is 16.2. The van der Waals surface area contributed by atoms with Gasteiger partial charge in [-0.05, 0) is 23.1 Å². The Balaban J connectivity index is 1.51. The molecule has 2 heterocycles. The number of amides is 3. The van der Waals surface area contributed by atoms with Gasteiger partial charge in [-0.1, -0.05) is 62.4 Å². The van der Waals surface area contributed by atoms with Crippen molar-refractivity contribution in [3.63, 3.8) is 0 Å². The first kappa shape index (κ1) is 21.6. The summed E-state index contributed by atoms with van der Waals surface area (Å²) in [5.74, 6) is -0.883. The number of carbonyl (C=O) groups is 3. The second-order valence-corrected chi connectivity index (χ2v) is 8.54. The number of nitrogens with one attached hydrogen (secondary N) is 3. The predicted octanol–water partition coefficient (Wildman–Crippen LogP) is 2.38. The van der Waals surface area contributed by atoms with Crippen LogP contribution >= 0.6 is 0 Å². The van der Waals surface area contributed by atoms with Gasteiger partial charge in [0.2, 0.25) is 17.7 Å². The van der Waals surface area contributed by atoms with Gasteiger partial charge in [0.1, 0.15) is 18.6 Å². The number of para-hydroxylation sites is 1. The van der Waals surface area contributed by atoms with Crippen LogP contribution in [0.2, 0.25) is 0 Å². The first-order valence-electron chi connectivity index (χ1n) is 10.9. The number of H-pyrrole nitrogens is 1. The lowest BCUT2D eigenvalue weighted by Crippen LogP contribution is -2.64. The zero-order valence-corrected chi connectivity index (χ0v) is 18.3. The molecule has 0 saturated carbocycles. The van der Waals surface area contributed by atoms with E-state index >= 15 is 0 Å². The maximum atomic E-state index is 13.4. The molecule has 7 nitrogen and oxygen atoms in total. The lowest BCUT2D eigenvalue weighted by atomic mass is 9.96. The van der Waals surface area contributed by atoms with Crippen molar-refractivity contribution in [1.29, 1.82) is 0 Å². The number of benzene rings is 2. The van der Waals surface area contributed by atoms with E-state index in [1.807, 2.05) is 74.6 Å². The number of rotatable bonds is 7. The predicted molar refractivity (Wildman–Crippen MR) is 123 cm³/mol. The fraction of sp³-hybridized carbons (Fsp3) is 0.320. The van der Waals surface area contributed by atoms with Crippen molar-refractivity contribution in [2.24, 2.45) is 5.92 Å². The van der Waals surface area contributed by atoms with Crippen LogP contribution < -0.4 is 10.6 Å². The standard InChI is InChI=1S/C25H28N4O3/c1-16(2)23(24(31)27-13-17-8-4-3-5-9-17)29-15-22(30)28-21(25(29)32)12-18-14-26-20-11-7-6-10-19(18)20/h3-11,14,16,21,23,26H,12-13,15H2,1-2H3,(H,27,31)(H,28,30)/t21-,23?/m1/s1. The minimum atomic E-state index is -0.720. The molecule has 1 fully saturated rings. The minimum absolute atomic E-state index is 0.120. The van der Waals surface area contributed by atoms with Crippen LogP contribution in [0.4, 0.5) is 0 Å². The zero-order chi connectivity index (χ0) is 22.7. The summed E-state index contributed by atoms with van der Waals surface area (Å²) >= 11 is 0. The second-order valence-electron chi connectivity index (χ2n) is 8.54. The summed E-state index contributed by atoms with van der Waals surface area (Å²) < 4.78 is 0. The monoisotopic (exact) mass is 432 g/mol. The van der Waals surface area contributed by atoms with E-state index in [4.69, 9.17) is 0 Å². The Labute approximate surface area is 187 Å². The summed E-state index contributed by atoms with van der Waals surface area (Å²) in [5, 5.41) is 6.76. The Morgan fingerprint density at radius 2 is 1.81 bits per heavy atom. The highest BCUT2D eigenvalue weighted by molar-refractivity contribution is 5.98. The van der Waals surface area contributed by atoms with E-state index < -0.39 is 12.1 Å². The molecule has 4 rings (SSSR count). The van der Waals surface area contributed by atoms with Crippen LogP contribution in [0.25, 0.3) is 10.9 Å². The molecule has 0 spiro atoms. The van der Waals surface area contributed by atoms with Gasteiger partial charge < -0.3 is 20.5 Å². The van der Waals surface area contributed by atoms with Crippen molar-refractivity contribution in [2.45, 2.75) is 38.9 Å². The molecular weight excluding hydrogens is 404 g/mol. The molecule has 32 heavy (non-hydrogen) atoms. The zero-order valence-electron chi connectivity index (χ0n) is 18.3. The van der Waals surface area contributed by atoms with Crippen molar-refractivity contribution in [2.75, 3.05) is 6.54 Å². The Kier molecular flexibility index (Phi) is 6.25. The highest BCUT2D eigenvalue weighted by Gasteiger charge is 2.40. The summed E-state index contributed by atoms with van der Waals surface area (Å²) in [7, 11) is 0. The smallest absolute Gasteiger partial charge is 0.246 e. The van der Waals surface area contributed by atoms with Crippen LogP contribution in [0.3, 0.4) is 0 Å². The summed E-state index contributed by atoms with van der Waals surface area (Å²) in [5.41, 5.74) is 2.91. The Hall–Kier alpha value is -3.61. The van der Waals surface area contributed by atoms with Gasteiger partial charge in [-0.15, -0.1) is 0 Å². The van der Waals surface area contributed by atoms with Gasteiger partial charge in [0.15, 0.2) is 0 Å². The van der Waals surface area contributed by atoms with E-state index in [1.165, 1.54) is 4.90 Å². The second kappa shape index (κ2) is 9.26. The molecule has 3 amide bonds. The van der Waals surface area contributed by atoms with Crippen LogP contribution in [0.15, 0.2) is 60.8 Å². The van der Waals surface area contributed by atoms with Gasteiger partial charge in [-0.3, -0.25) is 14.4 Å². The van der Waals surface area contributed by atoms with Gasteiger partial charge in [-0.25, -0.2) is 0 Å². The molecule has 2 aromatic carbocycles. The van der Waals surface area contributed by atoms with Gasteiger partial charge in [0.25, 0.3) is 0 Å². The average molecular weight is 433 g/mol. The molecule has 0 radical (unpaired) electrons. The van der Waals surface area contributed by atoms with Gasteiger partial charge in [0, 0.05) is 30.1 Å². The van der Waals surface area contributed by atoms with Crippen molar-refractivity contribution < 1.29 is 14.4 Å². The molecule has 1 aliphatic rings. The van der Waals surface area contributed by atoms with E-state index in [-0.39, 0.29) is 30.2 Å². The molecule has 3 N–H and O–H groups in total. The van der Waals surface area contributed by atoms with Crippen molar-refractivity contribution >= 4 is 28.6 Å². The number of piperazine rings is 1. The molecular formula is C25H28N4O3. The number of hydrogen-bond donors (Lipinski definition) is 3. The first-order valence-corrected chi connectivity index (χ1v) is 10.9. The molecule has 0 bridgehead atoms. The van der Waals surface area contributed by atoms with Crippen LogP contribution in [-0.4, -0.2) is 46.2 Å². The first-order chi connectivity index (χ1) is 15.4. The number of aromatic amines is 1. The van der Waals surface area contributed by atoms with E-state index in [9.17, 15) is 14.4 Å². The van der Waals surface area contributed by atoms with Crippen LogP contribution in [-0.2, 0) is 27.3 Å². The fourth-order valence-electron chi connectivity index (χ4n) is 4.32. The lowest BCUT2D eigenvalue weighted by molar-refractivity contribution is -0.151. The molecule has 2 atom stereocenters. The third-order valence-electron chi connectivity index (χ3n) is 5.87. The normalized spacial score (nSPS) is 17.5. The van der Waals surface area contributed by atoms with Crippen molar-refractivity contribution in [3.05, 3.63) is 71.9 Å². The maximum Gasteiger partial charge on any atom is 0.246 e. The summed E-state index contributed by atoms with van der Waals surface area (Å²) in [6.45, 7) is 4.03. The SMILES string of the molecule is CC(C)C(C(=O)NCc1ccccc1)N1CC(=O)N[C@H](Cc2c[nH]c3ccccc23)C1=O. The number of aromatic nitrogens is 1. The van der Waals surface area contributed by atoms with Crippen molar-refractivity contribution in [1.82, 2.24) is 20.5 Å². The minimum Gasteiger partial charge on any atom is -0.361 e. The highest BCUT2D eigenvalue weighted by Crippen LogP contribution is 2.22. The largest absolute Gasteiger partial charge is 0.361 e. The lowest BCUT2D eigenvalue weighted by Gasteiger charge is -2.38. The third kappa shape index (κ3) is 4.51. The quantitative estimate of drug-likeness (QED) is 0.535. The number of carbonyl (C=O) groups excluding carboxylic acids is 3. The van der Waals surface area contributed by atoms with Crippen LogP contribution in [0.5, 0.6) is 0 Å². The molecule has 1 aromatic heterocycles. The Morgan fingerprint density at radius 1 is 1.09 bits per heavy atom. The average Bonchev–Trinajstić information content (AvgIpc) is 3.19. The molecule has 0 aliphatic carbocycles. The van der Waals surface area contributed by atoms with E-state index in [0.29, 0.717) is 13.0 Å². The summed E-state index contributed by atoms with van der Waals surface area (Å²) in [6, 6.07) is 16.0. The van der Waals surface area contributed by atoms with Gasteiger partial charge in [-0.2, -0.15) is 0 Å². The number of nitrogens with zero attached hydrogens (tertiary/aromatic N) is 1. The summed E-state index contributed by atoms with van der Waals surface area (Å²) in [6.07, 6.45) is 2.23. The van der Waals surface area contributed by atoms with Crippen LogP contribution in [0, 0.1) is 5.92 Å². The van der Waals surface area contributed by atoms with E-state index in [0.717, 1.165) is 22.0 Å². The van der Waals surface area contributed by atoms with Crippen molar-refractivity contribution in [3.8, 4) is 0 Å².